The monoisotopic (exact) mass is 447 g/mol. The van der Waals surface area contributed by atoms with E-state index in [1.54, 1.807) is 24.3 Å². The molecule has 0 atom stereocenters. The summed E-state index contributed by atoms with van der Waals surface area (Å²) in [5.74, 6) is 0.193. The van der Waals surface area contributed by atoms with Crippen LogP contribution >= 0.6 is 0 Å². The topological polar surface area (TPSA) is 80.8 Å². The first kappa shape index (κ1) is 22.3. The third-order valence-corrected chi connectivity index (χ3v) is 6.99. The molecule has 0 spiro atoms. The molecule has 0 aliphatic carbocycles. The predicted octanol–water partition coefficient (Wildman–Crippen LogP) is 4.17. The summed E-state index contributed by atoms with van der Waals surface area (Å²) in [4.78, 5) is 0.259. The van der Waals surface area contributed by atoms with Gasteiger partial charge in [0.15, 0.2) is 0 Å². The average Bonchev–Trinajstić information content (AvgIpc) is 2.70. The number of fused-ring (bicyclic) bond motifs is 1. The molecule has 30 heavy (non-hydrogen) atoms. The first-order chi connectivity index (χ1) is 14.2. The van der Waals surface area contributed by atoms with Crippen molar-refractivity contribution in [3.63, 3.8) is 0 Å². The Morgan fingerprint density at radius 1 is 0.867 bits per heavy atom. The van der Waals surface area contributed by atoms with Gasteiger partial charge in [-0.2, -0.15) is 12.7 Å². The fourth-order valence-corrected chi connectivity index (χ4v) is 5.09. The Kier molecular flexibility index (Phi) is 6.80. The minimum Gasteiger partial charge on any atom is -0.383 e. The number of benzene rings is 3. The van der Waals surface area contributed by atoms with E-state index in [9.17, 15) is 16.8 Å². The summed E-state index contributed by atoms with van der Waals surface area (Å²) in [5.41, 5.74) is 0.747. The van der Waals surface area contributed by atoms with Gasteiger partial charge in [-0.1, -0.05) is 55.8 Å². The van der Waals surface area contributed by atoms with Crippen molar-refractivity contribution >= 4 is 30.9 Å². The van der Waals surface area contributed by atoms with Crippen LogP contribution in [0.4, 0.5) is 0 Å². The first-order valence-corrected chi connectivity index (χ1v) is 12.9. The zero-order valence-corrected chi connectivity index (χ0v) is 18.6. The largest absolute Gasteiger partial charge is 0.383 e. The maximum Gasteiger partial charge on any atom is 0.306 e. The van der Waals surface area contributed by atoms with E-state index in [2.05, 4.69) is 0 Å². The van der Waals surface area contributed by atoms with Gasteiger partial charge in [-0.25, -0.2) is 8.42 Å². The van der Waals surface area contributed by atoms with Gasteiger partial charge in [0, 0.05) is 13.1 Å². The number of sulfonamides is 1. The minimum absolute atomic E-state index is 0.189. The molecular weight excluding hydrogens is 422 g/mol. The summed E-state index contributed by atoms with van der Waals surface area (Å²) in [6, 6.07) is 19.2. The molecule has 3 rings (SSSR count). The summed E-state index contributed by atoms with van der Waals surface area (Å²) in [6.45, 7) is 2.60. The van der Waals surface area contributed by atoms with Crippen LogP contribution in [0.5, 0.6) is 5.75 Å². The lowest BCUT2D eigenvalue weighted by molar-refractivity contribution is 0.398. The molecule has 0 saturated heterocycles. The van der Waals surface area contributed by atoms with Gasteiger partial charge in [0.05, 0.1) is 11.2 Å². The third kappa shape index (κ3) is 5.59. The Morgan fingerprint density at radius 3 is 2.17 bits per heavy atom. The average molecular weight is 448 g/mol. The zero-order valence-electron chi connectivity index (χ0n) is 17.0. The molecule has 0 radical (unpaired) electrons. The van der Waals surface area contributed by atoms with Gasteiger partial charge in [-0.15, -0.1) is 0 Å². The molecule has 0 N–H and O–H groups in total. The molecule has 0 fully saturated rings. The van der Waals surface area contributed by atoms with Crippen LogP contribution in [-0.2, 0) is 26.7 Å². The summed E-state index contributed by atoms with van der Waals surface area (Å²) in [6.07, 6.45) is 2.58. The summed E-state index contributed by atoms with van der Waals surface area (Å²) >= 11 is 0. The number of hydrogen-bond acceptors (Lipinski definition) is 5. The molecule has 0 unspecified atom stereocenters. The molecule has 0 saturated carbocycles. The van der Waals surface area contributed by atoms with Gasteiger partial charge in [-0.05, 0) is 47.0 Å². The highest BCUT2D eigenvalue weighted by Gasteiger charge is 2.24. The molecule has 0 heterocycles. The van der Waals surface area contributed by atoms with Crippen molar-refractivity contribution < 1.29 is 21.0 Å². The maximum absolute atomic E-state index is 13.4. The Hall–Kier alpha value is -2.42. The molecule has 3 aromatic carbocycles. The van der Waals surface area contributed by atoms with E-state index in [0.29, 0.717) is 6.54 Å². The smallest absolute Gasteiger partial charge is 0.306 e. The number of hydrogen-bond donors (Lipinski definition) is 0. The van der Waals surface area contributed by atoms with Crippen molar-refractivity contribution in [1.29, 1.82) is 0 Å². The van der Waals surface area contributed by atoms with E-state index in [-0.39, 0.29) is 17.2 Å². The SMILES string of the molecule is CCCCN(Cc1ccc(OS(C)(=O)=O)cc1)S(=O)(=O)c1ccc2ccccc2c1. The molecule has 0 aliphatic heterocycles. The normalized spacial score (nSPS) is 12.4. The summed E-state index contributed by atoms with van der Waals surface area (Å²) in [7, 11) is -7.30. The number of rotatable bonds is 9. The third-order valence-electron chi connectivity index (χ3n) is 4.65. The van der Waals surface area contributed by atoms with E-state index in [4.69, 9.17) is 4.18 Å². The van der Waals surface area contributed by atoms with E-state index < -0.39 is 20.1 Å². The molecular formula is C22H25NO5S2. The van der Waals surface area contributed by atoms with Crippen LogP contribution in [0.15, 0.2) is 71.6 Å². The number of unbranched alkanes of at least 4 members (excludes halogenated alkanes) is 1. The number of nitrogens with zero attached hydrogens (tertiary/aromatic N) is 1. The maximum atomic E-state index is 13.4. The van der Waals surface area contributed by atoms with E-state index in [0.717, 1.165) is 35.4 Å². The second-order valence-corrected chi connectivity index (χ2v) is 10.6. The summed E-state index contributed by atoms with van der Waals surface area (Å²) < 4.78 is 55.5. The van der Waals surface area contributed by atoms with Crippen molar-refractivity contribution in [2.75, 3.05) is 12.8 Å². The van der Waals surface area contributed by atoms with Crippen LogP contribution in [-0.4, -0.2) is 33.9 Å². The quantitative estimate of drug-likeness (QED) is 0.460. The van der Waals surface area contributed by atoms with Crippen LogP contribution < -0.4 is 4.18 Å². The molecule has 6 nitrogen and oxygen atoms in total. The van der Waals surface area contributed by atoms with E-state index >= 15 is 0 Å². The van der Waals surface area contributed by atoms with Gasteiger partial charge < -0.3 is 4.18 Å². The van der Waals surface area contributed by atoms with Crippen molar-refractivity contribution in [2.45, 2.75) is 31.2 Å². The van der Waals surface area contributed by atoms with Crippen molar-refractivity contribution in [3.05, 3.63) is 72.3 Å². The van der Waals surface area contributed by atoms with Gasteiger partial charge in [0.2, 0.25) is 10.0 Å². The van der Waals surface area contributed by atoms with E-state index in [1.807, 2.05) is 37.3 Å². The predicted molar refractivity (Wildman–Crippen MR) is 118 cm³/mol. The second-order valence-electron chi connectivity index (χ2n) is 7.13. The Labute approximate surface area is 178 Å². The molecule has 160 valence electrons. The fourth-order valence-electron chi connectivity index (χ4n) is 3.12. The van der Waals surface area contributed by atoms with Crippen molar-refractivity contribution in [2.24, 2.45) is 0 Å². The first-order valence-electron chi connectivity index (χ1n) is 9.66. The van der Waals surface area contributed by atoms with Crippen LogP contribution in [0.1, 0.15) is 25.3 Å². The Bertz CT molecular complexity index is 1220. The minimum atomic E-state index is -3.70. The fraction of sp³-hybridized carbons (Fsp3) is 0.273. The van der Waals surface area contributed by atoms with Crippen LogP contribution in [0, 0.1) is 0 Å². The standard InChI is InChI=1S/C22H25NO5S2/c1-3-4-15-23(17-18-9-12-21(13-10-18)28-29(2,24)25)30(26,27)22-14-11-19-7-5-6-8-20(19)16-22/h5-14,16H,3-4,15,17H2,1-2H3. The lowest BCUT2D eigenvalue weighted by Gasteiger charge is -2.22. The van der Waals surface area contributed by atoms with Crippen LogP contribution in [0.2, 0.25) is 0 Å². The van der Waals surface area contributed by atoms with Crippen molar-refractivity contribution in [1.82, 2.24) is 4.31 Å². The molecule has 0 bridgehead atoms. The summed E-state index contributed by atoms with van der Waals surface area (Å²) in [5, 5.41) is 1.86. The lowest BCUT2D eigenvalue weighted by Crippen LogP contribution is -2.31. The van der Waals surface area contributed by atoms with Gasteiger partial charge in [0.1, 0.15) is 5.75 Å². The molecule has 0 aromatic heterocycles. The molecule has 3 aromatic rings. The van der Waals surface area contributed by atoms with Gasteiger partial charge >= 0.3 is 10.1 Å². The van der Waals surface area contributed by atoms with Crippen molar-refractivity contribution in [3.8, 4) is 5.75 Å². The second kappa shape index (κ2) is 9.16. The van der Waals surface area contributed by atoms with Crippen LogP contribution in [0.3, 0.4) is 0 Å². The highest BCUT2D eigenvalue weighted by atomic mass is 32.2. The highest BCUT2D eigenvalue weighted by molar-refractivity contribution is 7.89. The zero-order chi connectivity index (χ0) is 21.8. The molecule has 8 heteroatoms. The Morgan fingerprint density at radius 2 is 1.53 bits per heavy atom. The van der Waals surface area contributed by atoms with Gasteiger partial charge in [-0.3, -0.25) is 0 Å². The molecule has 0 aliphatic rings. The molecule has 0 amide bonds. The Balaban J connectivity index is 1.88. The van der Waals surface area contributed by atoms with Gasteiger partial charge in [0.25, 0.3) is 0 Å². The lowest BCUT2D eigenvalue weighted by atomic mass is 10.1. The van der Waals surface area contributed by atoms with E-state index in [1.165, 1.54) is 16.4 Å². The highest BCUT2D eigenvalue weighted by Crippen LogP contribution is 2.24. The van der Waals surface area contributed by atoms with Crippen LogP contribution in [0.25, 0.3) is 10.8 Å².